The van der Waals surface area contributed by atoms with E-state index < -0.39 is 23.8 Å². The number of nitrogens with one attached hydrogen (secondary N) is 1. The molecule has 1 aliphatic rings. The first-order valence-corrected chi connectivity index (χ1v) is 9.86. The lowest BCUT2D eigenvalue weighted by Gasteiger charge is -2.21. The molecule has 5 nitrogen and oxygen atoms in total. The fourth-order valence-corrected chi connectivity index (χ4v) is 3.65. The number of rotatable bonds is 3. The minimum atomic E-state index is -0.941. The quantitative estimate of drug-likeness (QED) is 0.538. The molecule has 1 aliphatic heterocycles. The smallest absolute Gasteiger partial charge is 0.262 e. The standard InChI is InChI=1S/C23H16N2O3S/c1-15(25-22(27)19-9-2-3-10-20(19)23(25)28)21(26)24-17-7-4-6-16(14-17)11-12-18-8-5-13-29-18/h2-10,13-15H,1H3,(H,24,26). The predicted molar refractivity (Wildman–Crippen MR) is 112 cm³/mol. The van der Waals surface area contributed by atoms with Crippen LogP contribution < -0.4 is 5.32 Å². The second kappa shape index (κ2) is 7.74. The Balaban J connectivity index is 1.49. The van der Waals surface area contributed by atoms with Gasteiger partial charge in [-0.1, -0.05) is 36.1 Å². The molecular formula is C23H16N2O3S. The summed E-state index contributed by atoms with van der Waals surface area (Å²) in [6, 6.07) is 16.7. The Morgan fingerprint density at radius 2 is 1.69 bits per heavy atom. The fraction of sp³-hybridized carbons (Fsp3) is 0.0870. The lowest BCUT2D eigenvalue weighted by Crippen LogP contribution is -2.45. The van der Waals surface area contributed by atoms with Crippen molar-refractivity contribution in [2.24, 2.45) is 0 Å². The second-order valence-electron chi connectivity index (χ2n) is 6.50. The van der Waals surface area contributed by atoms with E-state index in [9.17, 15) is 14.4 Å². The average Bonchev–Trinajstić information content (AvgIpc) is 3.34. The van der Waals surface area contributed by atoms with Gasteiger partial charge in [-0.25, -0.2) is 0 Å². The summed E-state index contributed by atoms with van der Waals surface area (Å²) in [5.74, 6) is 4.78. The molecule has 4 rings (SSSR count). The Morgan fingerprint density at radius 1 is 0.966 bits per heavy atom. The summed E-state index contributed by atoms with van der Waals surface area (Å²) in [5.41, 5.74) is 1.95. The normalized spacial score (nSPS) is 13.5. The maximum Gasteiger partial charge on any atom is 0.262 e. The van der Waals surface area contributed by atoms with Gasteiger partial charge in [0.15, 0.2) is 0 Å². The van der Waals surface area contributed by atoms with Crippen LogP contribution in [0.3, 0.4) is 0 Å². The molecule has 0 bridgehead atoms. The van der Waals surface area contributed by atoms with E-state index in [1.165, 1.54) is 6.92 Å². The summed E-state index contributed by atoms with van der Waals surface area (Å²) in [4.78, 5) is 39.8. The lowest BCUT2D eigenvalue weighted by atomic mass is 10.1. The largest absolute Gasteiger partial charge is 0.324 e. The number of thiophene rings is 1. The van der Waals surface area contributed by atoms with Gasteiger partial charge in [-0.05, 0) is 48.7 Å². The van der Waals surface area contributed by atoms with Crippen LogP contribution in [-0.2, 0) is 4.79 Å². The number of amides is 3. The monoisotopic (exact) mass is 400 g/mol. The van der Waals surface area contributed by atoms with Gasteiger partial charge in [0, 0.05) is 11.3 Å². The van der Waals surface area contributed by atoms with Gasteiger partial charge in [0.2, 0.25) is 5.91 Å². The first-order valence-electron chi connectivity index (χ1n) is 8.98. The molecule has 3 aromatic rings. The van der Waals surface area contributed by atoms with E-state index in [0.717, 1.165) is 15.3 Å². The van der Waals surface area contributed by atoms with E-state index in [0.29, 0.717) is 16.8 Å². The van der Waals surface area contributed by atoms with E-state index in [4.69, 9.17) is 0 Å². The van der Waals surface area contributed by atoms with Gasteiger partial charge < -0.3 is 5.32 Å². The van der Waals surface area contributed by atoms with Gasteiger partial charge in [-0.3, -0.25) is 19.3 Å². The highest BCUT2D eigenvalue weighted by Crippen LogP contribution is 2.25. The molecule has 2 aromatic carbocycles. The van der Waals surface area contributed by atoms with Gasteiger partial charge >= 0.3 is 0 Å². The molecule has 0 fully saturated rings. The first kappa shape index (κ1) is 18.7. The molecule has 2 heterocycles. The number of benzene rings is 2. The SMILES string of the molecule is CC(C(=O)Nc1cccc(C#Cc2cccs2)c1)N1C(=O)c2ccccc2C1=O. The van der Waals surface area contributed by atoms with Crippen LogP contribution in [0.15, 0.2) is 66.0 Å². The van der Waals surface area contributed by atoms with Crippen molar-refractivity contribution in [3.8, 4) is 11.8 Å². The summed E-state index contributed by atoms with van der Waals surface area (Å²) in [6.45, 7) is 1.54. The lowest BCUT2D eigenvalue weighted by molar-refractivity contribution is -0.119. The highest BCUT2D eigenvalue weighted by atomic mass is 32.1. The molecule has 0 aliphatic carbocycles. The topological polar surface area (TPSA) is 66.5 Å². The van der Waals surface area contributed by atoms with Gasteiger partial charge in [0.05, 0.1) is 16.0 Å². The minimum absolute atomic E-state index is 0.322. The third-order valence-electron chi connectivity index (χ3n) is 4.57. The summed E-state index contributed by atoms with van der Waals surface area (Å²) in [7, 11) is 0. The fourth-order valence-electron chi connectivity index (χ4n) is 3.08. The number of anilines is 1. The van der Waals surface area contributed by atoms with Crippen LogP contribution in [0.4, 0.5) is 5.69 Å². The summed E-state index contributed by atoms with van der Waals surface area (Å²) in [6.07, 6.45) is 0. The zero-order chi connectivity index (χ0) is 20.4. The molecule has 0 radical (unpaired) electrons. The van der Waals surface area contributed by atoms with Crippen molar-refractivity contribution >= 4 is 34.7 Å². The van der Waals surface area contributed by atoms with Gasteiger partial charge in [0.1, 0.15) is 6.04 Å². The number of hydrogen-bond acceptors (Lipinski definition) is 4. The molecule has 142 valence electrons. The van der Waals surface area contributed by atoms with Crippen molar-refractivity contribution in [3.63, 3.8) is 0 Å². The average molecular weight is 400 g/mol. The van der Waals surface area contributed by atoms with Crippen molar-refractivity contribution in [2.75, 3.05) is 5.32 Å². The number of hydrogen-bond donors (Lipinski definition) is 1. The van der Waals surface area contributed by atoms with Crippen LogP contribution in [0.2, 0.25) is 0 Å². The van der Waals surface area contributed by atoms with Crippen molar-refractivity contribution in [1.29, 1.82) is 0 Å². The van der Waals surface area contributed by atoms with Gasteiger partial charge in [0.25, 0.3) is 11.8 Å². The van der Waals surface area contributed by atoms with Crippen LogP contribution in [0.5, 0.6) is 0 Å². The molecule has 29 heavy (non-hydrogen) atoms. The van der Waals surface area contributed by atoms with Gasteiger partial charge in [-0.2, -0.15) is 0 Å². The van der Waals surface area contributed by atoms with Crippen molar-refractivity contribution < 1.29 is 14.4 Å². The van der Waals surface area contributed by atoms with Crippen LogP contribution in [0.1, 0.15) is 38.1 Å². The number of carbonyl (C=O) groups is 3. The molecule has 3 amide bonds. The van der Waals surface area contributed by atoms with Crippen molar-refractivity contribution in [1.82, 2.24) is 4.90 Å². The Labute approximate surface area is 172 Å². The Hall–Kier alpha value is -3.69. The highest BCUT2D eigenvalue weighted by Gasteiger charge is 2.40. The Bertz CT molecular complexity index is 1140. The molecule has 1 N–H and O–H groups in total. The zero-order valence-electron chi connectivity index (χ0n) is 15.5. The van der Waals surface area contributed by atoms with Crippen LogP contribution >= 0.6 is 11.3 Å². The van der Waals surface area contributed by atoms with Crippen molar-refractivity contribution in [3.05, 3.63) is 87.6 Å². The first-order chi connectivity index (χ1) is 14.0. The third kappa shape index (κ3) is 3.68. The Kier molecular flexibility index (Phi) is 4.98. The predicted octanol–water partition coefficient (Wildman–Crippen LogP) is 3.77. The molecule has 1 unspecified atom stereocenters. The highest BCUT2D eigenvalue weighted by molar-refractivity contribution is 7.10. The summed E-state index contributed by atoms with van der Waals surface area (Å²) >= 11 is 1.56. The molecular weight excluding hydrogens is 384 g/mol. The van der Waals surface area contributed by atoms with Crippen LogP contribution in [-0.4, -0.2) is 28.7 Å². The number of imide groups is 1. The van der Waals surface area contributed by atoms with E-state index >= 15 is 0 Å². The van der Waals surface area contributed by atoms with E-state index in [1.54, 1.807) is 53.8 Å². The number of fused-ring (bicyclic) bond motifs is 1. The molecule has 0 saturated carbocycles. The number of nitrogens with zero attached hydrogens (tertiary/aromatic N) is 1. The van der Waals surface area contributed by atoms with E-state index in [2.05, 4.69) is 17.2 Å². The summed E-state index contributed by atoms with van der Waals surface area (Å²) in [5, 5.41) is 4.73. The molecule has 1 aromatic heterocycles. The Morgan fingerprint density at radius 3 is 2.34 bits per heavy atom. The maximum atomic E-state index is 12.7. The summed E-state index contributed by atoms with van der Waals surface area (Å²) < 4.78 is 0. The molecule has 0 spiro atoms. The molecule has 6 heteroatoms. The minimum Gasteiger partial charge on any atom is -0.324 e. The molecule has 0 saturated heterocycles. The van der Waals surface area contributed by atoms with E-state index in [-0.39, 0.29) is 0 Å². The third-order valence-corrected chi connectivity index (χ3v) is 5.36. The maximum absolute atomic E-state index is 12.7. The van der Waals surface area contributed by atoms with E-state index in [1.807, 2.05) is 23.6 Å². The van der Waals surface area contributed by atoms with Crippen molar-refractivity contribution in [2.45, 2.75) is 13.0 Å². The molecule has 1 atom stereocenters. The van der Waals surface area contributed by atoms with Gasteiger partial charge in [-0.15, -0.1) is 11.3 Å². The van der Waals surface area contributed by atoms with Crippen LogP contribution in [0, 0.1) is 11.8 Å². The number of carbonyl (C=O) groups excluding carboxylic acids is 3. The second-order valence-corrected chi connectivity index (χ2v) is 7.45. The van der Waals surface area contributed by atoms with Crippen LogP contribution in [0.25, 0.3) is 0 Å². The zero-order valence-corrected chi connectivity index (χ0v) is 16.3.